The number of aliphatic hydroxyl groups is 3. The highest BCUT2D eigenvalue weighted by Gasteiger charge is 2.37. The molecule has 1 saturated heterocycles. The van der Waals surface area contributed by atoms with Gasteiger partial charge >= 0.3 is 5.97 Å². The molecule has 0 saturated carbocycles. The summed E-state index contributed by atoms with van der Waals surface area (Å²) in [6.07, 6.45) is 0.163. The van der Waals surface area contributed by atoms with Crippen LogP contribution in [0, 0.1) is 17.3 Å². The molecule has 3 N–H and O–H groups in total. The smallest absolute Gasteiger partial charge is 0.309 e. The number of carbonyl (C=O) groups excluding carboxylic acids is 1. The second-order valence-corrected chi connectivity index (χ2v) is 8.58. The number of hydrogen-bond donors (Lipinski definition) is 3. The fourth-order valence-corrected chi connectivity index (χ4v) is 3.13. The van der Waals surface area contributed by atoms with E-state index in [4.69, 9.17) is 4.74 Å². The molecule has 5 heteroatoms. The summed E-state index contributed by atoms with van der Waals surface area (Å²) in [7, 11) is 0. The minimum Gasteiger partial charge on any atom is -0.462 e. The third-order valence-electron chi connectivity index (χ3n) is 4.39. The Bertz CT molecular complexity index is 374. The first kappa shape index (κ1) is 20.4. The van der Waals surface area contributed by atoms with Crippen molar-refractivity contribution in [2.24, 2.45) is 17.3 Å². The second-order valence-electron chi connectivity index (χ2n) is 8.58. The molecule has 1 aliphatic rings. The highest BCUT2D eigenvalue weighted by Crippen LogP contribution is 2.30. The zero-order chi connectivity index (χ0) is 17.8. The third-order valence-corrected chi connectivity index (χ3v) is 4.39. The zero-order valence-electron chi connectivity index (χ0n) is 15.2. The number of carbonyl (C=O) groups is 1. The first-order chi connectivity index (χ1) is 10.5. The molecule has 0 spiro atoms. The maximum atomic E-state index is 11.9. The summed E-state index contributed by atoms with van der Waals surface area (Å²) < 4.78 is 5.31. The Hall–Kier alpha value is -0.650. The first-order valence-corrected chi connectivity index (χ1v) is 8.72. The van der Waals surface area contributed by atoms with Crippen molar-refractivity contribution in [2.75, 3.05) is 0 Å². The number of hydrogen-bond acceptors (Lipinski definition) is 5. The van der Waals surface area contributed by atoms with Crippen molar-refractivity contribution in [1.29, 1.82) is 0 Å². The van der Waals surface area contributed by atoms with E-state index in [0.29, 0.717) is 25.7 Å². The standard InChI is InChI=1S/C18H34O5/c1-11(2)16(21)9-15-7-12(17(22)23-15)6-13(19)8-14(20)10-18(3,4)5/h11-16,19-21H,6-10H2,1-5H3. The predicted octanol–water partition coefficient (Wildman–Crippen LogP) is 2.26. The maximum Gasteiger partial charge on any atom is 0.309 e. The molecule has 136 valence electrons. The molecule has 0 aromatic rings. The van der Waals surface area contributed by atoms with Gasteiger partial charge in [-0.25, -0.2) is 0 Å². The van der Waals surface area contributed by atoms with E-state index in [1.165, 1.54) is 0 Å². The Morgan fingerprint density at radius 2 is 1.74 bits per heavy atom. The van der Waals surface area contributed by atoms with Crippen LogP contribution in [0.5, 0.6) is 0 Å². The van der Waals surface area contributed by atoms with Crippen molar-refractivity contribution in [3.63, 3.8) is 0 Å². The van der Waals surface area contributed by atoms with Gasteiger partial charge in [-0.15, -0.1) is 0 Å². The average molecular weight is 330 g/mol. The van der Waals surface area contributed by atoms with Crippen LogP contribution < -0.4 is 0 Å². The van der Waals surface area contributed by atoms with Crippen LogP contribution in [0.2, 0.25) is 0 Å². The van der Waals surface area contributed by atoms with E-state index in [9.17, 15) is 20.1 Å². The van der Waals surface area contributed by atoms with Crippen LogP contribution in [-0.2, 0) is 9.53 Å². The number of esters is 1. The average Bonchev–Trinajstić information content (AvgIpc) is 2.66. The molecule has 0 aromatic heterocycles. The Kier molecular flexibility index (Phi) is 7.49. The van der Waals surface area contributed by atoms with Gasteiger partial charge in [0.25, 0.3) is 0 Å². The van der Waals surface area contributed by atoms with Gasteiger partial charge < -0.3 is 20.1 Å². The van der Waals surface area contributed by atoms with Gasteiger partial charge in [-0.1, -0.05) is 34.6 Å². The Balaban J connectivity index is 2.40. The molecule has 0 aromatic carbocycles. The lowest BCUT2D eigenvalue weighted by Crippen LogP contribution is -2.25. The fraction of sp³-hybridized carbons (Fsp3) is 0.944. The minimum atomic E-state index is -0.710. The van der Waals surface area contributed by atoms with Gasteiger partial charge in [-0.2, -0.15) is 0 Å². The lowest BCUT2D eigenvalue weighted by atomic mass is 9.86. The second kappa shape index (κ2) is 8.45. The molecule has 0 radical (unpaired) electrons. The van der Waals surface area contributed by atoms with Crippen LogP contribution in [0.1, 0.15) is 66.7 Å². The van der Waals surface area contributed by atoms with E-state index < -0.39 is 18.3 Å². The summed E-state index contributed by atoms with van der Waals surface area (Å²) in [4.78, 5) is 11.9. The van der Waals surface area contributed by atoms with Gasteiger partial charge in [0.2, 0.25) is 0 Å². The molecule has 1 fully saturated rings. The molecule has 5 nitrogen and oxygen atoms in total. The summed E-state index contributed by atoms with van der Waals surface area (Å²) in [6.45, 7) is 9.99. The van der Waals surface area contributed by atoms with Crippen molar-refractivity contribution in [3.8, 4) is 0 Å². The first-order valence-electron chi connectivity index (χ1n) is 8.72. The van der Waals surface area contributed by atoms with Gasteiger partial charge in [-0.3, -0.25) is 4.79 Å². The van der Waals surface area contributed by atoms with Crippen LogP contribution in [0.3, 0.4) is 0 Å². The van der Waals surface area contributed by atoms with Crippen molar-refractivity contribution < 1.29 is 24.9 Å². The van der Waals surface area contributed by atoms with Crippen LogP contribution in [0.4, 0.5) is 0 Å². The van der Waals surface area contributed by atoms with Crippen molar-refractivity contribution in [2.45, 2.75) is 91.1 Å². The molecule has 5 atom stereocenters. The number of aliphatic hydroxyl groups excluding tert-OH is 3. The molecule has 1 aliphatic heterocycles. The SMILES string of the molecule is CC(C)C(O)CC1CC(CC(O)CC(O)CC(C)(C)C)C(=O)O1. The summed E-state index contributed by atoms with van der Waals surface area (Å²) in [6, 6.07) is 0. The van der Waals surface area contributed by atoms with Crippen LogP contribution in [0.15, 0.2) is 0 Å². The van der Waals surface area contributed by atoms with E-state index in [-0.39, 0.29) is 35.7 Å². The zero-order valence-corrected chi connectivity index (χ0v) is 15.2. The van der Waals surface area contributed by atoms with Crippen molar-refractivity contribution in [3.05, 3.63) is 0 Å². The van der Waals surface area contributed by atoms with Crippen LogP contribution in [0.25, 0.3) is 0 Å². The number of rotatable bonds is 8. The summed E-state index contributed by atoms with van der Waals surface area (Å²) in [5, 5.41) is 30.0. The predicted molar refractivity (Wildman–Crippen MR) is 88.8 cm³/mol. The quantitative estimate of drug-likeness (QED) is 0.594. The molecule has 0 bridgehead atoms. The van der Waals surface area contributed by atoms with E-state index >= 15 is 0 Å². The van der Waals surface area contributed by atoms with Gasteiger partial charge in [0.15, 0.2) is 0 Å². The van der Waals surface area contributed by atoms with Gasteiger partial charge in [0.05, 0.1) is 24.2 Å². The molecular weight excluding hydrogens is 296 g/mol. The van der Waals surface area contributed by atoms with Crippen molar-refractivity contribution >= 4 is 5.97 Å². The van der Waals surface area contributed by atoms with Gasteiger partial charge in [0, 0.05) is 6.42 Å². The van der Waals surface area contributed by atoms with Gasteiger partial charge in [-0.05, 0) is 37.0 Å². The molecule has 0 aliphatic carbocycles. The van der Waals surface area contributed by atoms with E-state index in [2.05, 4.69) is 0 Å². The van der Waals surface area contributed by atoms with Crippen LogP contribution >= 0.6 is 0 Å². The normalized spacial score (nSPS) is 26.2. The van der Waals surface area contributed by atoms with E-state index in [1.807, 2.05) is 34.6 Å². The Morgan fingerprint density at radius 1 is 1.13 bits per heavy atom. The highest BCUT2D eigenvalue weighted by atomic mass is 16.6. The Labute approximate surface area is 140 Å². The Morgan fingerprint density at radius 3 is 2.26 bits per heavy atom. The van der Waals surface area contributed by atoms with E-state index in [1.54, 1.807) is 0 Å². The molecule has 1 rings (SSSR count). The van der Waals surface area contributed by atoms with Crippen molar-refractivity contribution in [1.82, 2.24) is 0 Å². The van der Waals surface area contributed by atoms with Gasteiger partial charge in [0.1, 0.15) is 6.10 Å². The molecular formula is C18H34O5. The fourth-order valence-electron chi connectivity index (χ4n) is 3.13. The summed E-state index contributed by atoms with van der Waals surface area (Å²) >= 11 is 0. The monoisotopic (exact) mass is 330 g/mol. The summed E-state index contributed by atoms with van der Waals surface area (Å²) in [5.41, 5.74) is 0.00348. The third kappa shape index (κ3) is 7.64. The number of ether oxygens (including phenoxy) is 1. The largest absolute Gasteiger partial charge is 0.462 e. The topological polar surface area (TPSA) is 87.0 Å². The molecule has 0 amide bonds. The summed E-state index contributed by atoms with van der Waals surface area (Å²) in [5.74, 6) is -0.502. The highest BCUT2D eigenvalue weighted by molar-refractivity contribution is 5.74. The molecule has 1 heterocycles. The molecule has 23 heavy (non-hydrogen) atoms. The maximum absolute atomic E-state index is 11.9. The van der Waals surface area contributed by atoms with Crippen LogP contribution in [-0.4, -0.2) is 45.7 Å². The lowest BCUT2D eigenvalue weighted by Gasteiger charge is -2.24. The lowest BCUT2D eigenvalue weighted by molar-refractivity contribution is -0.146. The van der Waals surface area contributed by atoms with E-state index in [0.717, 1.165) is 0 Å². The molecule has 5 unspecified atom stereocenters. The number of cyclic esters (lactones) is 1. The minimum absolute atomic E-state index is 0.00348.